The molecule has 4 rings (SSSR count). The van der Waals surface area contributed by atoms with Crippen molar-refractivity contribution in [1.29, 1.82) is 0 Å². The van der Waals surface area contributed by atoms with Crippen LogP contribution in [0.25, 0.3) is 0 Å². The Kier molecular flexibility index (Phi) is 4.19. The summed E-state index contributed by atoms with van der Waals surface area (Å²) in [6.45, 7) is 1.60. The zero-order valence-electron chi connectivity index (χ0n) is 14.8. The number of benzene rings is 2. The Balaban J connectivity index is 1.72. The van der Waals surface area contributed by atoms with E-state index in [9.17, 15) is 9.59 Å². The van der Waals surface area contributed by atoms with Gasteiger partial charge >= 0.3 is 6.03 Å². The first-order valence-electron chi connectivity index (χ1n) is 8.61. The highest BCUT2D eigenvalue weighted by Gasteiger charge is 2.52. The zero-order chi connectivity index (χ0) is 18.9. The predicted molar refractivity (Wildman–Crippen MR) is 96.4 cm³/mol. The predicted octanol–water partition coefficient (Wildman–Crippen LogP) is 2.57. The fourth-order valence-corrected chi connectivity index (χ4v) is 3.35. The lowest BCUT2D eigenvalue weighted by molar-refractivity contribution is -0.132. The lowest BCUT2D eigenvalue weighted by atomic mass is 9.83. The Morgan fingerprint density at radius 1 is 1.00 bits per heavy atom. The Hall–Kier alpha value is -3.48. The fraction of sp³-hybridized carbons (Fsp3) is 0.200. The summed E-state index contributed by atoms with van der Waals surface area (Å²) in [5.41, 5.74) is 0.510. The third-order valence-corrected chi connectivity index (χ3v) is 4.62. The van der Waals surface area contributed by atoms with Crippen molar-refractivity contribution in [2.45, 2.75) is 25.4 Å². The van der Waals surface area contributed by atoms with Gasteiger partial charge in [0, 0.05) is 13.3 Å². The molecule has 1 saturated heterocycles. The molecule has 0 unspecified atom stereocenters. The second kappa shape index (κ2) is 6.68. The molecule has 3 aromatic rings. The zero-order valence-corrected chi connectivity index (χ0v) is 14.8. The SMILES string of the molecule is Cc1nnc(CN2C(=O)N[C@@](Cc3ccccc3)(c3ccccc3)C2=O)o1. The molecule has 0 saturated carbocycles. The van der Waals surface area contributed by atoms with Gasteiger partial charge in [-0.3, -0.25) is 9.69 Å². The van der Waals surface area contributed by atoms with E-state index in [1.807, 2.05) is 60.7 Å². The monoisotopic (exact) mass is 362 g/mol. The quantitative estimate of drug-likeness (QED) is 0.705. The number of hydrogen-bond donors (Lipinski definition) is 1. The van der Waals surface area contributed by atoms with E-state index < -0.39 is 11.6 Å². The number of aryl methyl sites for hydroxylation is 1. The number of aromatic nitrogens is 2. The van der Waals surface area contributed by atoms with Gasteiger partial charge in [-0.1, -0.05) is 60.7 Å². The second-order valence-electron chi connectivity index (χ2n) is 6.47. The topological polar surface area (TPSA) is 88.3 Å². The molecule has 0 aliphatic carbocycles. The molecule has 7 nitrogen and oxygen atoms in total. The van der Waals surface area contributed by atoms with Crippen LogP contribution < -0.4 is 5.32 Å². The third-order valence-electron chi connectivity index (χ3n) is 4.62. The van der Waals surface area contributed by atoms with Gasteiger partial charge in [-0.15, -0.1) is 10.2 Å². The molecule has 2 aromatic carbocycles. The van der Waals surface area contributed by atoms with Crippen LogP contribution in [0.15, 0.2) is 65.1 Å². The van der Waals surface area contributed by atoms with Crippen LogP contribution in [0, 0.1) is 6.92 Å². The summed E-state index contributed by atoms with van der Waals surface area (Å²) in [5.74, 6) is 0.272. The number of nitrogens with one attached hydrogen (secondary N) is 1. The number of carbonyl (C=O) groups is 2. The largest absolute Gasteiger partial charge is 0.424 e. The maximum absolute atomic E-state index is 13.4. The van der Waals surface area contributed by atoms with Gasteiger partial charge in [0.05, 0.1) is 0 Å². The molecule has 3 amide bonds. The number of imide groups is 1. The molecule has 0 radical (unpaired) electrons. The maximum atomic E-state index is 13.4. The number of carbonyl (C=O) groups excluding carboxylic acids is 2. The molecule has 1 aromatic heterocycles. The van der Waals surface area contributed by atoms with Crippen molar-refractivity contribution in [2.24, 2.45) is 0 Å². The third kappa shape index (κ3) is 3.08. The minimum absolute atomic E-state index is 0.0606. The van der Waals surface area contributed by atoms with E-state index in [-0.39, 0.29) is 18.3 Å². The lowest BCUT2D eigenvalue weighted by Crippen LogP contribution is -2.46. The van der Waals surface area contributed by atoms with Crippen molar-refractivity contribution >= 4 is 11.9 Å². The van der Waals surface area contributed by atoms with E-state index >= 15 is 0 Å². The van der Waals surface area contributed by atoms with E-state index in [4.69, 9.17) is 4.42 Å². The summed E-state index contributed by atoms with van der Waals surface area (Å²) in [6, 6.07) is 18.4. The van der Waals surface area contributed by atoms with Gasteiger partial charge in [0.15, 0.2) is 5.54 Å². The van der Waals surface area contributed by atoms with Gasteiger partial charge in [-0.2, -0.15) is 0 Å². The lowest BCUT2D eigenvalue weighted by Gasteiger charge is -2.27. The minimum atomic E-state index is -1.17. The highest BCUT2D eigenvalue weighted by Crippen LogP contribution is 2.33. The highest BCUT2D eigenvalue weighted by atomic mass is 16.4. The number of rotatable bonds is 5. The van der Waals surface area contributed by atoms with Crippen molar-refractivity contribution in [3.63, 3.8) is 0 Å². The first-order valence-corrected chi connectivity index (χ1v) is 8.61. The molecule has 0 bridgehead atoms. The molecule has 7 heteroatoms. The van der Waals surface area contributed by atoms with Crippen LogP contribution in [0.4, 0.5) is 4.79 Å². The summed E-state index contributed by atoms with van der Waals surface area (Å²) in [6.07, 6.45) is 0.349. The molecule has 1 aliphatic heterocycles. The Labute approximate surface area is 156 Å². The van der Waals surface area contributed by atoms with Crippen LogP contribution in [-0.4, -0.2) is 27.0 Å². The van der Waals surface area contributed by atoms with Crippen LogP contribution in [0.5, 0.6) is 0 Å². The number of amides is 3. The number of urea groups is 1. The second-order valence-corrected chi connectivity index (χ2v) is 6.47. The summed E-state index contributed by atoms with van der Waals surface area (Å²) in [4.78, 5) is 27.2. The molecular weight excluding hydrogens is 344 g/mol. The number of hydrogen-bond acceptors (Lipinski definition) is 5. The molecule has 1 fully saturated rings. The first kappa shape index (κ1) is 17.0. The van der Waals surface area contributed by atoms with E-state index in [1.165, 1.54) is 0 Å². The van der Waals surface area contributed by atoms with E-state index in [0.29, 0.717) is 12.3 Å². The normalized spacial score (nSPS) is 19.4. The van der Waals surface area contributed by atoms with Crippen molar-refractivity contribution in [3.8, 4) is 0 Å². The highest BCUT2D eigenvalue weighted by molar-refractivity contribution is 6.07. The molecule has 1 aliphatic rings. The van der Waals surface area contributed by atoms with Crippen molar-refractivity contribution in [1.82, 2.24) is 20.4 Å². The van der Waals surface area contributed by atoms with Crippen LogP contribution in [0.2, 0.25) is 0 Å². The number of nitrogens with zero attached hydrogens (tertiary/aromatic N) is 3. The molecule has 1 atom stereocenters. The molecule has 2 heterocycles. The standard InChI is InChI=1S/C20H18N4O3/c1-14-22-23-17(27-14)13-24-18(25)20(21-19(24)26,16-10-6-3-7-11-16)12-15-8-4-2-5-9-15/h2-11H,12-13H2,1H3,(H,21,26)/t20-/m0/s1. The summed E-state index contributed by atoms with van der Waals surface area (Å²) < 4.78 is 5.34. The Morgan fingerprint density at radius 3 is 2.30 bits per heavy atom. The van der Waals surface area contributed by atoms with Crippen LogP contribution in [0.3, 0.4) is 0 Å². The average Bonchev–Trinajstić information content (AvgIpc) is 3.20. The summed E-state index contributed by atoms with van der Waals surface area (Å²) in [5, 5.41) is 10.6. The van der Waals surface area contributed by atoms with Crippen molar-refractivity contribution < 1.29 is 14.0 Å². The summed E-state index contributed by atoms with van der Waals surface area (Å²) >= 11 is 0. The van der Waals surface area contributed by atoms with Gasteiger partial charge in [0.2, 0.25) is 11.8 Å². The summed E-state index contributed by atoms with van der Waals surface area (Å²) in [7, 11) is 0. The molecular formula is C20H18N4O3. The first-order chi connectivity index (χ1) is 13.1. The van der Waals surface area contributed by atoms with Gasteiger partial charge in [0.1, 0.15) is 6.54 Å². The van der Waals surface area contributed by atoms with Gasteiger partial charge in [0.25, 0.3) is 5.91 Å². The van der Waals surface area contributed by atoms with Crippen molar-refractivity contribution in [2.75, 3.05) is 0 Å². The van der Waals surface area contributed by atoms with E-state index in [1.54, 1.807) is 6.92 Å². The van der Waals surface area contributed by atoms with Crippen LogP contribution >= 0.6 is 0 Å². The van der Waals surface area contributed by atoms with E-state index in [2.05, 4.69) is 15.5 Å². The molecule has 0 spiro atoms. The molecule has 136 valence electrons. The maximum Gasteiger partial charge on any atom is 0.325 e. The van der Waals surface area contributed by atoms with Gasteiger partial charge in [-0.05, 0) is 11.1 Å². The minimum Gasteiger partial charge on any atom is -0.424 e. The van der Waals surface area contributed by atoms with E-state index in [0.717, 1.165) is 16.0 Å². The molecule has 1 N–H and O–H groups in total. The van der Waals surface area contributed by atoms with Crippen LogP contribution in [-0.2, 0) is 23.3 Å². The van der Waals surface area contributed by atoms with Crippen LogP contribution in [0.1, 0.15) is 22.9 Å². The smallest absolute Gasteiger partial charge is 0.325 e. The van der Waals surface area contributed by atoms with Gasteiger partial charge < -0.3 is 9.73 Å². The van der Waals surface area contributed by atoms with Gasteiger partial charge in [-0.25, -0.2) is 4.79 Å². The fourth-order valence-electron chi connectivity index (χ4n) is 3.35. The Morgan fingerprint density at radius 2 is 1.67 bits per heavy atom. The molecule has 27 heavy (non-hydrogen) atoms. The van der Waals surface area contributed by atoms with Crippen molar-refractivity contribution in [3.05, 3.63) is 83.6 Å². The average molecular weight is 362 g/mol. The Bertz CT molecular complexity index is 971.